The van der Waals surface area contributed by atoms with Crippen molar-refractivity contribution in [2.24, 2.45) is 0 Å². The molecule has 8 nitrogen and oxygen atoms in total. The Labute approximate surface area is 197 Å². The Morgan fingerprint density at radius 2 is 1.91 bits per heavy atom. The van der Waals surface area contributed by atoms with Gasteiger partial charge in [0.25, 0.3) is 11.8 Å². The van der Waals surface area contributed by atoms with Crippen molar-refractivity contribution in [2.45, 2.75) is 13.8 Å². The maximum Gasteiger partial charge on any atom is 0.335 e. The molecule has 0 atom stereocenters. The number of thiocarbonyl (C=S) groups is 1. The largest absolute Gasteiger partial charge is 0.490 e. The van der Waals surface area contributed by atoms with E-state index in [0.717, 1.165) is 4.90 Å². The number of aromatic carboxylic acids is 1. The third-order valence-corrected chi connectivity index (χ3v) is 5.26. The number of anilines is 1. The Hall–Kier alpha value is -3.24. The molecule has 166 valence electrons. The number of halogens is 1. The molecular formula is C22H19BrN2O6S. The fourth-order valence-electron chi connectivity index (χ4n) is 3.06. The molecule has 3 rings (SSSR count). The van der Waals surface area contributed by atoms with Crippen LogP contribution in [-0.2, 0) is 9.59 Å². The third-order valence-electron chi connectivity index (χ3n) is 4.38. The Bertz CT molecular complexity index is 1150. The molecule has 10 heteroatoms. The SMILES string of the molecule is CCOc1cc(C=C2C(=O)NC(=S)N(c3cccc(C(=O)O)c3)C2=O)cc(Br)c1OCC. The van der Waals surface area contributed by atoms with Gasteiger partial charge < -0.3 is 14.6 Å². The van der Waals surface area contributed by atoms with Crippen LogP contribution in [0.3, 0.4) is 0 Å². The van der Waals surface area contributed by atoms with E-state index in [4.69, 9.17) is 21.7 Å². The summed E-state index contributed by atoms with van der Waals surface area (Å²) in [5.74, 6) is -1.51. The van der Waals surface area contributed by atoms with Crippen LogP contribution in [0.1, 0.15) is 29.8 Å². The maximum absolute atomic E-state index is 13.2. The fourth-order valence-corrected chi connectivity index (χ4v) is 3.91. The number of rotatable bonds is 7. The molecule has 0 unspecified atom stereocenters. The van der Waals surface area contributed by atoms with Crippen LogP contribution in [0.5, 0.6) is 11.5 Å². The molecule has 0 bridgehead atoms. The van der Waals surface area contributed by atoms with Gasteiger partial charge in [-0.3, -0.25) is 19.8 Å². The Balaban J connectivity index is 2.04. The molecule has 1 saturated heterocycles. The smallest absolute Gasteiger partial charge is 0.335 e. The van der Waals surface area contributed by atoms with Crippen molar-refractivity contribution in [2.75, 3.05) is 18.1 Å². The minimum absolute atomic E-state index is 0.0164. The minimum atomic E-state index is -1.15. The first-order valence-electron chi connectivity index (χ1n) is 9.60. The number of carbonyl (C=O) groups is 3. The molecule has 2 aromatic rings. The van der Waals surface area contributed by atoms with E-state index in [1.807, 2.05) is 13.8 Å². The van der Waals surface area contributed by atoms with Crippen LogP contribution >= 0.6 is 28.1 Å². The number of carboxylic acid groups (broad SMARTS) is 1. The van der Waals surface area contributed by atoms with E-state index in [0.29, 0.717) is 34.7 Å². The predicted octanol–water partition coefficient (Wildman–Crippen LogP) is 3.78. The highest BCUT2D eigenvalue weighted by Gasteiger charge is 2.34. The van der Waals surface area contributed by atoms with Crippen molar-refractivity contribution in [1.82, 2.24) is 5.32 Å². The quantitative estimate of drug-likeness (QED) is 0.326. The summed E-state index contributed by atoms with van der Waals surface area (Å²) in [6.07, 6.45) is 1.41. The summed E-state index contributed by atoms with van der Waals surface area (Å²) in [7, 11) is 0. The molecule has 1 aliphatic rings. The Kier molecular flexibility index (Phi) is 7.26. The number of carboxylic acids is 1. The maximum atomic E-state index is 13.2. The lowest BCUT2D eigenvalue weighted by atomic mass is 10.1. The van der Waals surface area contributed by atoms with Gasteiger partial charge >= 0.3 is 5.97 Å². The van der Waals surface area contributed by atoms with Gasteiger partial charge in [-0.15, -0.1) is 0 Å². The zero-order chi connectivity index (χ0) is 23.4. The number of amides is 2. The molecule has 1 heterocycles. The molecule has 2 amide bonds. The lowest BCUT2D eigenvalue weighted by molar-refractivity contribution is -0.122. The molecule has 1 fully saturated rings. The van der Waals surface area contributed by atoms with Crippen LogP contribution in [-0.4, -0.2) is 41.2 Å². The van der Waals surface area contributed by atoms with Crippen LogP contribution in [0, 0.1) is 0 Å². The van der Waals surface area contributed by atoms with Crippen LogP contribution in [0.25, 0.3) is 6.08 Å². The zero-order valence-electron chi connectivity index (χ0n) is 17.2. The summed E-state index contributed by atoms with van der Waals surface area (Å²) in [6.45, 7) is 4.51. The van der Waals surface area contributed by atoms with Gasteiger partial charge in [0.05, 0.1) is 28.9 Å². The molecular weight excluding hydrogens is 500 g/mol. The number of ether oxygens (including phenoxy) is 2. The monoisotopic (exact) mass is 518 g/mol. The standard InChI is InChI=1S/C22H19BrN2O6S/c1-3-30-17-10-12(9-16(23)18(17)31-4-2)8-15-19(26)24-22(32)25(20(15)27)14-7-5-6-13(11-14)21(28)29/h5-11H,3-4H2,1-2H3,(H,28,29)(H,24,26,32). The molecule has 2 aromatic carbocycles. The topological polar surface area (TPSA) is 105 Å². The lowest BCUT2D eigenvalue weighted by Gasteiger charge is -2.29. The van der Waals surface area contributed by atoms with E-state index in [9.17, 15) is 19.5 Å². The van der Waals surface area contributed by atoms with Crippen LogP contribution in [0.4, 0.5) is 5.69 Å². The van der Waals surface area contributed by atoms with Crippen molar-refractivity contribution < 1.29 is 29.0 Å². The van der Waals surface area contributed by atoms with Gasteiger partial charge in [-0.05, 0) is 84.0 Å². The molecule has 32 heavy (non-hydrogen) atoms. The normalized spacial score (nSPS) is 15.0. The lowest BCUT2D eigenvalue weighted by Crippen LogP contribution is -2.54. The molecule has 2 N–H and O–H groups in total. The highest BCUT2D eigenvalue weighted by atomic mass is 79.9. The van der Waals surface area contributed by atoms with Gasteiger partial charge in [0, 0.05) is 0 Å². The molecule has 0 radical (unpaired) electrons. The van der Waals surface area contributed by atoms with Gasteiger partial charge in [-0.25, -0.2) is 4.79 Å². The second-order valence-corrected chi connectivity index (χ2v) is 7.75. The summed E-state index contributed by atoms with van der Waals surface area (Å²) in [5, 5.41) is 11.6. The summed E-state index contributed by atoms with van der Waals surface area (Å²) < 4.78 is 11.9. The number of nitrogens with zero attached hydrogens (tertiary/aromatic N) is 1. The number of hydrogen-bond donors (Lipinski definition) is 2. The fraction of sp³-hybridized carbons (Fsp3) is 0.182. The van der Waals surface area contributed by atoms with Crippen molar-refractivity contribution in [3.05, 3.63) is 57.6 Å². The Morgan fingerprint density at radius 3 is 2.56 bits per heavy atom. The summed E-state index contributed by atoms with van der Waals surface area (Å²) in [6, 6.07) is 9.09. The first-order chi connectivity index (χ1) is 15.3. The van der Waals surface area contributed by atoms with Gasteiger partial charge in [0.15, 0.2) is 16.6 Å². The number of carbonyl (C=O) groups excluding carboxylic acids is 2. The minimum Gasteiger partial charge on any atom is -0.490 e. The van der Waals surface area contributed by atoms with Gasteiger partial charge in [-0.1, -0.05) is 6.07 Å². The summed E-state index contributed by atoms with van der Waals surface area (Å²) in [4.78, 5) is 38.1. The zero-order valence-corrected chi connectivity index (χ0v) is 19.6. The summed E-state index contributed by atoms with van der Waals surface area (Å²) in [5.41, 5.74) is 0.568. The Morgan fingerprint density at radius 1 is 1.19 bits per heavy atom. The van der Waals surface area contributed by atoms with Crippen molar-refractivity contribution in [3.63, 3.8) is 0 Å². The first kappa shape index (κ1) is 23.4. The van der Waals surface area contributed by atoms with Crippen LogP contribution in [0.15, 0.2) is 46.4 Å². The van der Waals surface area contributed by atoms with E-state index < -0.39 is 17.8 Å². The first-order valence-corrected chi connectivity index (χ1v) is 10.8. The van der Waals surface area contributed by atoms with Gasteiger partial charge in [-0.2, -0.15) is 0 Å². The van der Waals surface area contributed by atoms with Crippen molar-refractivity contribution >= 4 is 62.8 Å². The van der Waals surface area contributed by atoms with Crippen LogP contribution < -0.4 is 19.7 Å². The van der Waals surface area contributed by atoms with E-state index in [-0.39, 0.29) is 21.9 Å². The van der Waals surface area contributed by atoms with Crippen molar-refractivity contribution in [1.29, 1.82) is 0 Å². The van der Waals surface area contributed by atoms with Gasteiger partial charge in [0.1, 0.15) is 5.57 Å². The number of benzene rings is 2. The molecule has 0 spiro atoms. The van der Waals surface area contributed by atoms with Crippen molar-refractivity contribution in [3.8, 4) is 11.5 Å². The number of hydrogen-bond acceptors (Lipinski definition) is 6. The highest BCUT2D eigenvalue weighted by Crippen LogP contribution is 2.37. The van der Waals surface area contributed by atoms with E-state index in [1.54, 1.807) is 12.1 Å². The average Bonchev–Trinajstić information content (AvgIpc) is 2.74. The highest BCUT2D eigenvalue weighted by molar-refractivity contribution is 9.10. The average molecular weight is 519 g/mol. The second kappa shape index (κ2) is 9.92. The van der Waals surface area contributed by atoms with Gasteiger partial charge in [0.2, 0.25) is 0 Å². The number of nitrogens with one attached hydrogen (secondary N) is 1. The molecule has 0 aromatic heterocycles. The molecule has 0 aliphatic carbocycles. The molecule has 0 saturated carbocycles. The van der Waals surface area contributed by atoms with E-state index in [1.165, 1.54) is 30.3 Å². The summed E-state index contributed by atoms with van der Waals surface area (Å²) >= 11 is 8.60. The second-order valence-electron chi connectivity index (χ2n) is 6.51. The van der Waals surface area contributed by atoms with Crippen LogP contribution in [0.2, 0.25) is 0 Å². The predicted molar refractivity (Wildman–Crippen MR) is 126 cm³/mol. The van der Waals surface area contributed by atoms with E-state index in [2.05, 4.69) is 21.2 Å². The van der Waals surface area contributed by atoms with E-state index >= 15 is 0 Å². The molecule has 1 aliphatic heterocycles. The third kappa shape index (κ3) is 4.81.